The number of benzene rings is 1. The van der Waals surface area contributed by atoms with E-state index in [-0.39, 0.29) is 0 Å². The third kappa shape index (κ3) is 2.69. The van der Waals surface area contributed by atoms with Crippen molar-refractivity contribution in [2.24, 2.45) is 5.92 Å². The van der Waals surface area contributed by atoms with E-state index in [1.54, 1.807) is 0 Å². The molecule has 2 atom stereocenters. The standard InChI is InChI=1S/C14H19N/c1-3-12-9-14(12)15-10-11(2)13-7-5-4-6-8-13/h4-8,12,14-15H,2-3,9-10H2,1H3. The van der Waals surface area contributed by atoms with Crippen LogP contribution < -0.4 is 5.32 Å². The van der Waals surface area contributed by atoms with E-state index >= 15 is 0 Å². The minimum atomic E-state index is 0.746. The Morgan fingerprint density at radius 2 is 2.13 bits per heavy atom. The van der Waals surface area contributed by atoms with E-state index in [4.69, 9.17) is 0 Å². The Hall–Kier alpha value is -1.08. The van der Waals surface area contributed by atoms with Gasteiger partial charge in [0.25, 0.3) is 0 Å². The first-order chi connectivity index (χ1) is 7.31. The smallest absolute Gasteiger partial charge is 0.0208 e. The van der Waals surface area contributed by atoms with E-state index in [0.29, 0.717) is 0 Å². The summed E-state index contributed by atoms with van der Waals surface area (Å²) < 4.78 is 0. The summed E-state index contributed by atoms with van der Waals surface area (Å²) in [5.74, 6) is 0.911. The van der Waals surface area contributed by atoms with Crippen molar-refractivity contribution in [2.75, 3.05) is 6.54 Å². The topological polar surface area (TPSA) is 12.0 Å². The van der Waals surface area contributed by atoms with Crippen LogP contribution in [0.1, 0.15) is 25.3 Å². The largest absolute Gasteiger partial charge is 0.310 e. The average molecular weight is 201 g/mol. The molecule has 1 aromatic carbocycles. The van der Waals surface area contributed by atoms with Gasteiger partial charge in [0, 0.05) is 12.6 Å². The fourth-order valence-corrected chi connectivity index (χ4v) is 1.98. The minimum absolute atomic E-state index is 0.746. The molecule has 1 saturated carbocycles. The van der Waals surface area contributed by atoms with Crippen LogP contribution in [-0.2, 0) is 0 Å². The van der Waals surface area contributed by atoms with Crippen LogP contribution in [0, 0.1) is 5.92 Å². The normalized spacial score (nSPS) is 23.8. The molecule has 0 radical (unpaired) electrons. The van der Waals surface area contributed by atoms with Crippen molar-refractivity contribution in [2.45, 2.75) is 25.8 Å². The second kappa shape index (κ2) is 4.63. The van der Waals surface area contributed by atoms with Crippen LogP contribution in [0.15, 0.2) is 36.9 Å². The van der Waals surface area contributed by atoms with Gasteiger partial charge in [-0.3, -0.25) is 0 Å². The van der Waals surface area contributed by atoms with E-state index < -0.39 is 0 Å². The molecule has 1 aromatic rings. The maximum absolute atomic E-state index is 4.11. The lowest BCUT2D eigenvalue weighted by Gasteiger charge is -2.07. The first-order valence-electron chi connectivity index (χ1n) is 5.78. The van der Waals surface area contributed by atoms with Gasteiger partial charge in [0.15, 0.2) is 0 Å². The molecule has 0 spiro atoms. The highest BCUT2D eigenvalue weighted by Crippen LogP contribution is 2.33. The fraction of sp³-hybridized carbons (Fsp3) is 0.429. The monoisotopic (exact) mass is 201 g/mol. The summed E-state index contributed by atoms with van der Waals surface area (Å²) >= 11 is 0. The highest BCUT2D eigenvalue weighted by atomic mass is 15.0. The summed E-state index contributed by atoms with van der Waals surface area (Å²) in [6, 6.07) is 11.1. The quantitative estimate of drug-likeness (QED) is 0.772. The van der Waals surface area contributed by atoms with Crippen molar-refractivity contribution < 1.29 is 0 Å². The molecule has 0 aromatic heterocycles. The zero-order valence-corrected chi connectivity index (χ0v) is 9.37. The molecule has 2 unspecified atom stereocenters. The van der Waals surface area contributed by atoms with Gasteiger partial charge in [-0.25, -0.2) is 0 Å². The molecular weight excluding hydrogens is 182 g/mol. The predicted octanol–water partition coefficient (Wildman–Crippen LogP) is 3.09. The predicted molar refractivity (Wildman–Crippen MR) is 65.7 cm³/mol. The molecule has 1 aliphatic carbocycles. The third-order valence-corrected chi connectivity index (χ3v) is 3.21. The lowest BCUT2D eigenvalue weighted by atomic mass is 10.1. The number of rotatable bonds is 5. The molecule has 0 heterocycles. The van der Waals surface area contributed by atoms with Gasteiger partial charge in [0.1, 0.15) is 0 Å². The fourth-order valence-electron chi connectivity index (χ4n) is 1.98. The van der Waals surface area contributed by atoms with Crippen LogP contribution in [0.5, 0.6) is 0 Å². The molecule has 1 fully saturated rings. The van der Waals surface area contributed by atoms with Crippen molar-refractivity contribution >= 4 is 5.57 Å². The van der Waals surface area contributed by atoms with Gasteiger partial charge in [-0.15, -0.1) is 0 Å². The summed E-state index contributed by atoms with van der Waals surface area (Å²) in [6.45, 7) is 7.30. The lowest BCUT2D eigenvalue weighted by molar-refractivity contribution is 0.665. The van der Waals surface area contributed by atoms with Crippen LogP contribution in [0.3, 0.4) is 0 Å². The van der Waals surface area contributed by atoms with Crippen LogP contribution >= 0.6 is 0 Å². The highest BCUT2D eigenvalue weighted by molar-refractivity contribution is 5.64. The van der Waals surface area contributed by atoms with Gasteiger partial charge in [-0.1, -0.05) is 50.3 Å². The Balaban J connectivity index is 1.79. The van der Waals surface area contributed by atoms with Gasteiger partial charge in [0.05, 0.1) is 0 Å². The second-order valence-corrected chi connectivity index (χ2v) is 4.36. The van der Waals surface area contributed by atoms with Crippen LogP contribution in [0.25, 0.3) is 5.57 Å². The second-order valence-electron chi connectivity index (χ2n) is 4.36. The van der Waals surface area contributed by atoms with Crippen LogP contribution in [0.2, 0.25) is 0 Å². The van der Waals surface area contributed by atoms with Gasteiger partial charge in [-0.2, -0.15) is 0 Å². The van der Waals surface area contributed by atoms with Crippen molar-refractivity contribution in [3.05, 3.63) is 42.5 Å². The minimum Gasteiger partial charge on any atom is -0.310 e. The summed E-state index contributed by atoms with van der Waals surface area (Å²) in [5, 5.41) is 3.56. The van der Waals surface area contributed by atoms with E-state index in [2.05, 4.69) is 43.1 Å². The van der Waals surface area contributed by atoms with Crippen molar-refractivity contribution in [3.63, 3.8) is 0 Å². The molecule has 0 aliphatic heterocycles. The molecule has 0 bridgehead atoms. The molecular formula is C14H19N. The summed E-state index contributed by atoms with van der Waals surface area (Å²) in [7, 11) is 0. The van der Waals surface area contributed by atoms with E-state index in [0.717, 1.165) is 18.5 Å². The van der Waals surface area contributed by atoms with Crippen molar-refractivity contribution in [3.8, 4) is 0 Å². The van der Waals surface area contributed by atoms with Crippen molar-refractivity contribution in [1.82, 2.24) is 5.32 Å². The molecule has 1 heteroatoms. The summed E-state index contributed by atoms with van der Waals surface area (Å²) in [5.41, 5.74) is 2.44. The molecule has 0 amide bonds. The first kappa shape index (κ1) is 10.4. The molecule has 1 nitrogen and oxygen atoms in total. The van der Waals surface area contributed by atoms with E-state index in [9.17, 15) is 0 Å². The molecule has 15 heavy (non-hydrogen) atoms. The number of hydrogen-bond acceptors (Lipinski definition) is 1. The first-order valence-corrected chi connectivity index (χ1v) is 5.78. The van der Waals surface area contributed by atoms with Gasteiger partial charge >= 0.3 is 0 Å². The Labute approximate surface area is 92.2 Å². The zero-order chi connectivity index (χ0) is 10.7. The zero-order valence-electron chi connectivity index (χ0n) is 9.37. The van der Waals surface area contributed by atoms with E-state index in [1.807, 2.05) is 6.07 Å². The SMILES string of the molecule is C=C(CNC1CC1CC)c1ccccc1. The number of hydrogen-bond donors (Lipinski definition) is 1. The highest BCUT2D eigenvalue weighted by Gasteiger charge is 2.34. The van der Waals surface area contributed by atoms with Crippen LogP contribution in [0.4, 0.5) is 0 Å². The summed E-state index contributed by atoms with van der Waals surface area (Å²) in [4.78, 5) is 0. The summed E-state index contributed by atoms with van der Waals surface area (Å²) in [6.07, 6.45) is 2.65. The molecule has 1 aliphatic rings. The Kier molecular flexibility index (Phi) is 3.22. The Morgan fingerprint density at radius 3 is 2.73 bits per heavy atom. The van der Waals surface area contributed by atoms with Gasteiger partial charge in [0.2, 0.25) is 0 Å². The average Bonchev–Trinajstić information content (AvgIpc) is 3.06. The van der Waals surface area contributed by atoms with Crippen molar-refractivity contribution in [1.29, 1.82) is 0 Å². The molecule has 2 rings (SSSR count). The van der Waals surface area contributed by atoms with Crippen LogP contribution in [-0.4, -0.2) is 12.6 Å². The van der Waals surface area contributed by atoms with Gasteiger partial charge < -0.3 is 5.32 Å². The third-order valence-electron chi connectivity index (χ3n) is 3.21. The van der Waals surface area contributed by atoms with Gasteiger partial charge in [-0.05, 0) is 23.5 Å². The number of nitrogens with one attached hydrogen (secondary N) is 1. The molecule has 80 valence electrons. The Bertz CT molecular complexity index is 328. The molecule has 0 saturated heterocycles. The Morgan fingerprint density at radius 1 is 1.40 bits per heavy atom. The lowest BCUT2D eigenvalue weighted by Crippen LogP contribution is -2.20. The maximum atomic E-state index is 4.11. The van der Waals surface area contributed by atoms with E-state index in [1.165, 1.54) is 24.0 Å². The molecule has 1 N–H and O–H groups in total. The maximum Gasteiger partial charge on any atom is 0.0208 e.